The molecule has 1 fully saturated rings. The molecule has 1 heteroatoms. The molecule has 0 bridgehead atoms. The maximum Gasteiger partial charge on any atom is 0.0187 e. The van der Waals surface area contributed by atoms with Gasteiger partial charge in [0.1, 0.15) is 0 Å². The van der Waals surface area contributed by atoms with Crippen LogP contribution in [0.25, 0.3) is 0 Å². The molecular formula is C12H25N. The van der Waals surface area contributed by atoms with Gasteiger partial charge >= 0.3 is 0 Å². The van der Waals surface area contributed by atoms with Crippen molar-refractivity contribution < 1.29 is 0 Å². The van der Waals surface area contributed by atoms with Crippen molar-refractivity contribution in [2.45, 2.75) is 59.5 Å². The smallest absolute Gasteiger partial charge is 0.0187 e. The van der Waals surface area contributed by atoms with E-state index in [1.165, 1.54) is 6.54 Å². The molecule has 0 aromatic rings. The van der Waals surface area contributed by atoms with E-state index >= 15 is 0 Å². The fourth-order valence-corrected chi connectivity index (χ4v) is 2.76. The predicted octanol–water partition coefficient (Wildman–Crippen LogP) is 3.15. The van der Waals surface area contributed by atoms with Gasteiger partial charge in [0.2, 0.25) is 0 Å². The summed E-state index contributed by atoms with van der Waals surface area (Å²) < 4.78 is 0. The van der Waals surface area contributed by atoms with E-state index in [4.69, 9.17) is 0 Å². The molecule has 0 saturated carbocycles. The van der Waals surface area contributed by atoms with Crippen molar-refractivity contribution in [3.63, 3.8) is 0 Å². The molecule has 0 spiro atoms. The second-order valence-electron chi connectivity index (χ2n) is 6.20. The van der Waals surface area contributed by atoms with Gasteiger partial charge in [-0.3, -0.25) is 4.90 Å². The minimum absolute atomic E-state index is 0.308. The van der Waals surface area contributed by atoms with Gasteiger partial charge in [-0.15, -0.1) is 0 Å². The molecule has 0 radical (unpaired) electrons. The molecule has 78 valence electrons. The molecule has 1 nitrogen and oxygen atoms in total. The maximum atomic E-state index is 2.65. The fourth-order valence-electron chi connectivity index (χ4n) is 2.76. The molecule has 2 atom stereocenters. The Hall–Kier alpha value is -0.0400. The van der Waals surface area contributed by atoms with Crippen LogP contribution in [0.5, 0.6) is 0 Å². The Morgan fingerprint density at radius 1 is 1.15 bits per heavy atom. The molecule has 0 amide bonds. The van der Waals surface area contributed by atoms with Gasteiger partial charge < -0.3 is 0 Å². The molecule has 0 N–H and O–H groups in total. The van der Waals surface area contributed by atoms with Gasteiger partial charge in [0.25, 0.3) is 0 Å². The Morgan fingerprint density at radius 3 is 1.77 bits per heavy atom. The largest absolute Gasteiger partial charge is 0.293 e. The molecular weight excluding hydrogens is 158 g/mol. The first kappa shape index (κ1) is 11.0. The molecule has 1 heterocycles. The first-order valence-electron chi connectivity index (χ1n) is 5.45. The van der Waals surface area contributed by atoms with Gasteiger partial charge in [0, 0.05) is 17.6 Å². The van der Waals surface area contributed by atoms with Gasteiger partial charge in [-0.2, -0.15) is 0 Å². The van der Waals surface area contributed by atoms with Gasteiger partial charge in [-0.1, -0.05) is 13.8 Å². The molecule has 13 heavy (non-hydrogen) atoms. The van der Waals surface area contributed by atoms with Crippen LogP contribution in [-0.4, -0.2) is 22.5 Å². The Balaban J connectivity index is 2.91. The van der Waals surface area contributed by atoms with Crippen LogP contribution in [0.1, 0.15) is 48.5 Å². The zero-order valence-electron chi connectivity index (χ0n) is 10.3. The lowest BCUT2D eigenvalue weighted by Crippen LogP contribution is -2.51. The number of nitrogens with zero attached hydrogens (tertiary/aromatic N) is 1. The van der Waals surface area contributed by atoms with E-state index in [1.54, 1.807) is 0 Å². The van der Waals surface area contributed by atoms with Crippen molar-refractivity contribution in [2.24, 2.45) is 11.8 Å². The summed E-state index contributed by atoms with van der Waals surface area (Å²) in [5, 5.41) is 0. The molecule has 1 aliphatic rings. The summed E-state index contributed by atoms with van der Waals surface area (Å²) in [4.78, 5) is 2.65. The zero-order chi connectivity index (χ0) is 10.4. The summed E-state index contributed by atoms with van der Waals surface area (Å²) in [6, 6.07) is 0. The van der Waals surface area contributed by atoms with Crippen LogP contribution in [0.2, 0.25) is 0 Å². The zero-order valence-corrected chi connectivity index (χ0v) is 10.3. The lowest BCUT2D eigenvalue weighted by molar-refractivity contribution is 0.0507. The lowest BCUT2D eigenvalue weighted by atomic mass is 9.84. The second kappa shape index (κ2) is 2.98. The van der Waals surface area contributed by atoms with Crippen molar-refractivity contribution in [1.82, 2.24) is 4.90 Å². The van der Waals surface area contributed by atoms with Crippen LogP contribution < -0.4 is 0 Å². The average molecular weight is 183 g/mol. The maximum absolute atomic E-state index is 2.65. The quantitative estimate of drug-likeness (QED) is 0.557. The second-order valence-corrected chi connectivity index (χ2v) is 6.20. The summed E-state index contributed by atoms with van der Waals surface area (Å²) in [6.45, 7) is 17.7. The molecule has 2 unspecified atom stereocenters. The van der Waals surface area contributed by atoms with Gasteiger partial charge in [-0.25, -0.2) is 0 Å². The predicted molar refractivity (Wildman–Crippen MR) is 58.9 cm³/mol. The van der Waals surface area contributed by atoms with E-state index in [2.05, 4.69) is 53.4 Å². The summed E-state index contributed by atoms with van der Waals surface area (Å²) in [5.74, 6) is 1.63. The van der Waals surface area contributed by atoms with E-state index in [1.807, 2.05) is 0 Å². The Kier molecular flexibility index (Phi) is 2.53. The van der Waals surface area contributed by atoms with E-state index in [-0.39, 0.29) is 0 Å². The summed E-state index contributed by atoms with van der Waals surface area (Å²) in [5.41, 5.74) is 0.667. The average Bonchev–Trinajstić information content (AvgIpc) is 2.12. The number of rotatable bonds is 0. The number of likely N-dealkylation sites (tertiary alicyclic amines) is 1. The molecule has 1 rings (SSSR count). The SMILES string of the molecule is CC1CN(C(C)(C)C)C(C)(C)C1C. The van der Waals surface area contributed by atoms with Crippen molar-refractivity contribution in [3.8, 4) is 0 Å². The Morgan fingerprint density at radius 2 is 1.62 bits per heavy atom. The summed E-state index contributed by atoms with van der Waals surface area (Å²) >= 11 is 0. The van der Waals surface area contributed by atoms with Gasteiger partial charge in [0.15, 0.2) is 0 Å². The topological polar surface area (TPSA) is 3.24 Å². The normalized spacial score (nSPS) is 35.3. The van der Waals surface area contributed by atoms with Crippen LogP contribution >= 0.6 is 0 Å². The lowest BCUT2D eigenvalue weighted by Gasteiger charge is -2.44. The molecule has 0 aliphatic carbocycles. The third kappa shape index (κ3) is 1.76. The first-order chi connectivity index (χ1) is 5.67. The van der Waals surface area contributed by atoms with E-state index in [0.29, 0.717) is 11.1 Å². The van der Waals surface area contributed by atoms with Gasteiger partial charge in [-0.05, 0) is 46.5 Å². The molecule has 1 saturated heterocycles. The highest BCUT2D eigenvalue weighted by Crippen LogP contribution is 2.41. The van der Waals surface area contributed by atoms with Crippen LogP contribution in [0.3, 0.4) is 0 Å². The van der Waals surface area contributed by atoms with Crippen LogP contribution in [-0.2, 0) is 0 Å². The van der Waals surface area contributed by atoms with E-state index in [9.17, 15) is 0 Å². The third-order valence-electron chi connectivity index (χ3n) is 3.94. The molecule has 0 aromatic carbocycles. The highest BCUT2D eigenvalue weighted by molar-refractivity contribution is 5.01. The van der Waals surface area contributed by atoms with Crippen molar-refractivity contribution in [2.75, 3.05) is 6.54 Å². The highest BCUT2D eigenvalue weighted by Gasteiger charge is 2.46. The number of hydrogen-bond donors (Lipinski definition) is 0. The number of hydrogen-bond acceptors (Lipinski definition) is 1. The third-order valence-corrected chi connectivity index (χ3v) is 3.94. The standard InChI is InChI=1S/C12H25N/c1-9-8-13(11(3,4)5)12(6,7)10(9)2/h9-10H,8H2,1-7H3. The van der Waals surface area contributed by atoms with Gasteiger partial charge in [0.05, 0.1) is 0 Å². The fraction of sp³-hybridized carbons (Fsp3) is 1.00. The monoisotopic (exact) mass is 183 g/mol. The summed E-state index contributed by atoms with van der Waals surface area (Å²) in [7, 11) is 0. The van der Waals surface area contributed by atoms with Crippen molar-refractivity contribution in [3.05, 3.63) is 0 Å². The van der Waals surface area contributed by atoms with Crippen LogP contribution in [0.4, 0.5) is 0 Å². The Labute approximate surface area is 83.5 Å². The minimum Gasteiger partial charge on any atom is -0.293 e. The molecule has 1 aliphatic heterocycles. The van der Waals surface area contributed by atoms with E-state index in [0.717, 1.165) is 11.8 Å². The van der Waals surface area contributed by atoms with E-state index < -0.39 is 0 Å². The minimum atomic E-state index is 0.308. The highest BCUT2D eigenvalue weighted by atomic mass is 15.3. The Bertz CT molecular complexity index is 188. The first-order valence-corrected chi connectivity index (χ1v) is 5.45. The van der Waals surface area contributed by atoms with Crippen LogP contribution in [0, 0.1) is 11.8 Å². The van der Waals surface area contributed by atoms with Crippen LogP contribution in [0.15, 0.2) is 0 Å². The van der Waals surface area contributed by atoms with Crippen molar-refractivity contribution >= 4 is 0 Å². The summed E-state index contributed by atoms with van der Waals surface area (Å²) in [6.07, 6.45) is 0. The van der Waals surface area contributed by atoms with Crippen molar-refractivity contribution in [1.29, 1.82) is 0 Å². The molecule has 0 aromatic heterocycles.